The van der Waals surface area contributed by atoms with Crippen molar-refractivity contribution in [1.29, 1.82) is 0 Å². The summed E-state index contributed by atoms with van der Waals surface area (Å²) in [7, 11) is 0. The number of allylic oxidation sites excluding steroid dienone is 8. The topological polar surface area (TPSA) is 17.1 Å². The average Bonchev–Trinajstić information content (AvgIpc) is 2.30. The highest BCUT2D eigenvalue weighted by Crippen LogP contribution is 2.27. The number of hydrogen-bond donors (Lipinski definition) is 0. The van der Waals surface area contributed by atoms with Gasteiger partial charge in [-0.25, -0.2) is 0 Å². The van der Waals surface area contributed by atoms with E-state index in [1.807, 2.05) is 6.08 Å². The lowest BCUT2D eigenvalue weighted by Gasteiger charge is -2.16. The van der Waals surface area contributed by atoms with Crippen molar-refractivity contribution >= 4 is 6.29 Å². The Morgan fingerprint density at radius 2 is 1.86 bits per heavy atom. The zero-order chi connectivity index (χ0) is 9.80. The minimum Gasteiger partial charge on any atom is -0.298 e. The highest BCUT2D eigenvalue weighted by molar-refractivity contribution is 5.74. The van der Waals surface area contributed by atoms with Crippen molar-refractivity contribution in [3.8, 4) is 0 Å². The molecule has 0 bridgehead atoms. The Hall–Kier alpha value is -1.37. The second kappa shape index (κ2) is 4.23. The minimum absolute atomic E-state index is 0.899. The first-order valence-electron chi connectivity index (χ1n) is 5.11. The standard InChI is InChI=1S/C13H14O/c14-10-11-6-8-13(9-7-11)12-4-2-1-3-5-12/h1-2,4,6,8,10H,3,5,7,9H2. The van der Waals surface area contributed by atoms with Gasteiger partial charge in [0.1, 0.15) is 6.29 Å². The third-order valence-electron chi connectivity index (χ3n) is 2.76. The number of hydrogen-bond acceptors (Lipinski definition) is 1. The predicted molar refractivity (Wildman–Crippen MR) is 57.9 cm³/mol. The number of carbonyl (C=O) groups excluding carboxylic acids is 1. The van der Waals surface area contributed by atoms with Crippen LogP contribution in [0.2, 0.25) is 0 Å². The molecule has 0 radical (unpaired) electrons. The third-order valence-corrected chi connectivity index (χ3v) is 2.76. The Morgan fingerprint density at radius 3 is 2.43 bits per heavy atom. The van der Waals surface area contributed by atoms with Crippen LogP contribution in [0.15, 0.2) is 47.1 Å². The highest BCUT2D eigenvalue weighted by atomic mass is 16.1. The van der Waals surface area contributed by atoms with E-state index in [-0.39, 0.29) is 0 Å². The first-order chi connectivity index (χ1) is 6.90. The summed E-state index contributed by atoms with van der Waals surface area (Å²) in [6, 6.07) is 0. The van der Waals surface area contributed by atoms with Crippen LogP contribution in [0.4, 0.5) is 0 Å². The fourth-order valence-electron chi connectivity index (χ4n) is 1.89. The van der Waals surface area contributed by atoms with Gasteiger partial charge < -0.3 is 0 Å². The van der Waals surface area contributed by atoms with Crippen molar-refractivity contribution in [2.45, 2.75) is 25.7 Å². The van der Waals surface area contributed by atoms with Crippen LogP contribution in [-0.2, 0) is 4.79 Å². The molecular formula is C13H14O. The summed E-state index contributed by atoms with van der Waals surface area (Å²) in [5.41, 5.74) is 3.76. The summed E-state index contributed by atoms with van der Waals surface area (Å²) < 4.78 is 0. The van der Waals surface area contributed by atoms with E-state index in [4.69, 9.17) is 0 Å². The lowest BCUT2D eigenvalue weighted by Crippen LogP contribution is -1.98. The van der Waals surface area contributed by atoms with Crippen molar-refractivity contribution < 1.29 is 4.79 Å². The van der Waals surface area contributed by atoms with Crippen LogP contribution >= 0.6 is 0 Å². The molecule has 0 aliphatic heterocycles. The van der Waals surface area contributed by atoms with Crippen molar-refractivity contribution in [1.82, 2.24) is 0 Å². The van der Waals surface area contributed by atoms with Crippen LogP contribution < -0.4 is 0 Å². The summed E-state index contributed by atoms with van der Waals surface area (Å²) >= 11 is 0. The maximum Gasteiger partial charge on any atom is 0.146 e. The number of carbonyl (C=O) groups is 1. The highest BCUT2D eigenvalue weighted by Gasteiger charge is 2.10. The number of rotatable bonds is 2. The molecule has 2 aliphatic carbocycles. The molecule has 0 unspecified atom stereocenters. The van der Waals surface area contributed by atoms with E-state index in [9.17, 15) is 4.79 Å². The summed E-state index contributed by atoms with van der Waals surface area (Å²) in [6.07, 6.45) is 15.7. The van der Waals surface area contributed by atoms with Crippen molar-refractivity contribution in [3.05, 3.63) is 47.1 Å². The molecule has 0 fully saturated rings. The molecule has 0 aromatic heterocycles. The summed E-state index contributed by atoms with van der Waals surface area (Å²) in [5.74, 6) is 0. The van der Waals surface area contributed by atoms with Crippen molar-refractivity contribution in [3.63, 3.8) is 0 Å². The zero-order valence-corrected chi connectivity index (χ0v) is 8.20. The first kappa shape index (κ1) is 9.20. The van der Waals surface area contributed by atoms with E-state index in [0.29, 0.717) is 0 Å². The normalized spacial score (nSPS) is 21.0. The third kappa shape index (κ3) is 1.92. The van der Waals surface area contributed by atoms with Gasteiger partial charge in [-0.3, -0.25) is 4.79 Å². The van der Waals surface area contributed by atoms with Crippen LogP contribution in [0, 0.1) is 0 Å². The van der Waals surface area contributed by atoms with E-state index in [0.717, 1.165) is 37.5 Å². The Kier molecular flexibility index (Phi) is 2.78. The van der Waals surface area contributed by atoms with Gasteiger partial charge in [0.25, 0.3) is 0 Å². The second-order valence-corrected chi connectivity index (χ2v) is 3.71. The van der Waals surface area contributed by atoms with Gasteiger partial charge >= 0.3 is 0 Å². The molecular weight excluding hydrogens is 172 g/mol. The van der Waals surface area contributed by atoms with E-state index in [2.05, 4.69) is 24.3 Å². The van der Waals surface area contributed by atoms with Gasteiger partial charge in [0.05, 0.1) is 0 Å². The van der Waals surface area contributed by atoms with E-state index < -0.39 is 0 Å². The molecule has 2 aliphatic rings. The number of aldehydes is 1. The Morgan fingerprint density at radius 1 is 1.00 bits per heavy atom. The molecule has 0 aromatic carbocycles. The fourth-order valence-corrected chi connectivity index (χ4v) is 1.89. The lowest BCUT2D eigenvalue weighted by atomic mass is 9.89. The maximum absolute atomic E-state index is 10.5. The Balaban J connectivity index is 2.16. The Bertz CT molecular complexity index is 353. The summed E-state index contributed by atoms with van der Waals surface area (Å²) in [6.45, 7) is 0. The van der Waals surface area contributed by atoms with Gasteiger partial charge in [0.2, 0.25) is 0 Å². The van der Waals surface area contributed by atoms with E-state index in [1.165, 1.54) is 11.1 Å². The molecule has 1 heteroatoms. The summed E-state index contributed by atoms with van der Waals surface area (Å²) in [5, 5.41) is 0. The van der Waals surface area contributed by atoms with Crippen LogP contribution in [0.3, 0.4) is 0 Å². The first-order valence-corrected chi connectivity index (χ1v) is 5.11. The molecule has 14 heavy (non-hydrogen) atoms. The Labute approximate surface area is 84.5 Å². The van der Waals surface area contributed by atoms with Gasteiger partial charge in [0, 0.05) is 0 Å². The predicted octanol–water partition coefficient (Wildman–Crippen LogP) is 3.11. The lowest BCUT2D eigenvalue weighted by molar-refractivity contribution is -0.105. The van der Waals surface area contributed by atoms with Crippen LogP contribution in [0.1, 0.15) is 25.7 Å². The van der Waals surface area contributed by atoms with Crippen LogP contribution in [-0.4, -0.2) is 6.29 Å². The summed E-state index contributed by atoms with van der Waals surface area (Å²) in [4.78, 5) is 10.5. The molecule has 0 amide bonds. The van der Waals surface area contributed by atoms with Gasteiger partial charge in [-0.1, -0.05) is 30.4 Å². The molecule has 0 heterocycles. The van der Waals surface area contributed by atoms with Gasteiger partial charge in [-0.15, -0.1) is 0 Å². The SMILES string of the molecule is O=CC1=CC=C(C2=CC=CCC2)CC1. The van der Waals surface area contributed by atoms with Gasteiger partial charge in [-0.05, 0) is 42.4 Å². The molecule has 0 N–H and O–H groups in total. The molecule has 0 saturated carbocycles. The smallest absolute Gasteiger partial charge is 0.146 e. The quantitative estimate of drug-likeness (QED) is 0.605. The fraction of sp³-hybridized carbons (Fsp3) is 0.308. The molecule has 0 aromatic rings. The molecule has 0 spiro atoms. The molecule has 0 saturated heterocycles. The van der Waals surface area contributed by atoms with Crippen LogP contribution in [0.25, 0.3) is 0 Å². The van der Waals surface area contributed by atoms with Crippen molar-refractivity contribution in [2.24, 2.45) is 0 Å². The zero-order valence-electron chi connectivity index (χ0n) is 8.20. The minimum atomic E-state index is 0.899. The largest absolute Gasteiger partial charge is 0.298 e. The van der Waals surface area contributed by atoms with Crippen molar-refractivity contribution in [2.75, 3.05) is 0 Å². The molecule has 1 nitrogen and oxygen atoms in total. The molecule has 0 atom stereocenters. The molecule has 2 rings (SSSR count). The monoisotopic (exact) mass is 186 g/mol. The molecule has 72 valence electrons. The van der Waals surface area contributed by atoms with Gasteiger partial charge in [-0.2, -0.15) is 0 Å². The van der Waals surface area contributed by atoms with Crippen LogP contribution in [0.5, 0.6) is 0 Å². The second-order valence-electron chi connectivity index (χ2n) is 3.71. The maximum atomic E-state index is 10.5. The van der Waals surface area contributed by atoms with E-state index in [1.54, 1.807) is 0 Å². The van der Waals surface area contributed by atoms with Gasteiger partial charge in [0.15, 0.2) is 0 Å². The average molecular weight is 186 g/mol. The van der Waals surface area contributed by atoms with E-state index >= 15 is 0 Å².